The summed E-state index contributed by atoms with van der Waals surface area (Å²) in [6.45, 7) is 4.26. The Labute approximate surface area is 229 Å². The van der Waals surface area contributed by atoms with Gasteiger partial charge in [-0.1, -0.05) is 74.7 Å². The molecule has 4 rings (SSSR count). The van der Waals surface area contributed by atoms with Gasteiger partial charge in [0.1, 0.15) is 5.75 Å². The molecule has 0 fully saturated rings. The number of fused-ring (bicyclic) bond motifs is 1. The quantitative estimate of drug-likeness (QED) is 0.120. The minimum atomic E-state index is -0.333. The van der Waals surface area contributed by atoms with Crippen molar-refractivity contribution < 1.29 is 14.3 Å². The fourth-order valence-electron chi connectivity index (χ4n) is 4.25. The van der Waals surface area contributed by atoms with Gasteiger partial charge in [-0.25, -0.2) is 4.79 Å². The predicted octanol–water partition coefficient (Wildman–Crippen LogP) is 8.93. The van der Waals surface area contributed by atoms with Crippen LogP contribution < -0.4 is 15.0 Å². The molecule has 4 aromatic rings. The number of esters is 1. The summed E-state index contributed by atoms with van der Waals surface area (Å²) >= 11 is 1.62. The van der Waals surface area contributed by atoms with Crippen LogP contribution in [0.4, 0.5) is 16.2 Å². The second-order valence-electron chi connectivity index (χ2n) is 9.22. The van der Waals surface area contributed by atoms with E-state index in [9.17, 15) is 9.59 Å². The molecule has 0 aliphatic carbocycles. The third-order valence-corrected chi connectivity index (χ3v) is 7.22. The second-order valence-corrected chi connectivity index (χ2v) is 10.4. The number of carbonyl (C=O) groups excluding carboxylic acids is 2. The van der Waals surface area contributed by atoms with Crippen molar-refractivity contribution in [3.05, 3.63) is 91.0 Å². The lowest BCUT2D eigenvalue weighted by molar-refractivity contribution is -0.131. The van der Waals surface area contributed by atoms with Crippen LogP contribution in [0.25, 0.3) is 10.8 Å². The summed E-state index contributed by atoms with van der Waals surface area (Å²) in [4.78, 5) is 28.5. The molecule has 4 aromatic carbocycles. The molecule has 0 bridgehead atoms. The van der Waals surface area contributed by atoms with E-state index >= 15 is 0 Å². The fraction of sp³-hybridized carbons (Fsp3) is 0.250. The van der Waals surface area contributed by atoms with Gasteiger partial charge in [-0.05, 0) is 77.9 Å². The van der Waals surface area contributed by atoms with Crippen molar-refractivity contribution in [3.8, 4) is 5.75 Å². The molecule has 5 nitrogen and oxygen atoms in total. The fourth-order valence-corrected chi connectivity index (χ4v) is 5.07. The van der Waals surface area contributed by atoms with E-state index in [1.165, 1.54) is 26.2 Å². The highest BCUT2D eigenvalue weighted by Crippen LogP contribution is 2.31. The zero-order chi connectivity index (χ0) is 26.7. The third kappa shape index (κ3) is 7.86. The highest BCUT2D eigenvalue weighted by molar-refractivity contribution is 7.99. The van der Waals surface area contributed by atoms with Gasteiger partial charge in [0.05, 0.1) is 0 Å². The number of rotatable bonds is 11. The van der Waals surface area contributed by atoms with E-state index < -0.39 is 0 Å². The van der Waals surface area contributed by atoms with Crippen LogP contribution in [0, 0.1) is 0 Å². The van der Waals surface area contributed by atoms with Gasteiger partial charge < -0.3 is 10.1 Å². The summed E-state index contributed by atoms with van der Waals surface area (Å²) in [5, 5.41) is 5.35. The van der Waals surface area contributed by atoms with Crippen LogP contribution in [0.15, 0.2) is 101 Å². The maximum absolute atomic E-state index is 13.4. The maximum atomic E-state index is 13.4. The topological polar surface area (TPSA) is 58.6 Å². The van der Waals surface area contributed by atoms with Gasteiger partial charge in [-0.3, -0.25) is 9.69 Å². The van der Waals surface area contributed by atoms with E-state index in [2.05, 4.69) is 24.4 Å². The Morgan fingerprint density at radius 1 is 0.789 bits per heavy atom. The summed E-state index contributed by atoms with van der Waals surface area (Å²) in [5.74, 6) is 0.199. The summed E-state index contributed by atoms with van der Waals surface area (Å²) in [6, 6.07) is 29.5. The minimum Gasteiger partial charge on any atom is -0.427 e. The van der Waals surface area contributed by atoms with E-state index in [0.29, 0.717) is 12.3 Å². The van der Waals surface area contributed by atoms with Gasteiger partial charge in [0, 0.05) is 34.6 Å². The average Bonchev–Trinajstić information content (AvgIpc) is 2.92. The Morgan fingerprint density at radius 3 is 2.13 bits per heavy atom. The van der Waals surface area contributed by atoms with Gasteiger partial charge in [0.15, 0.2) is 0 Å². The lowest BCUT2D eigenvalue weighted by atomic mass is 10.1. The van der Waals surface area contributed by atoms with Crippen molar-refractivity contribution in [2.75, 3.05) is 16.8 Å². The highest BCUT2D eigenvalue weighted by Gasteiger charge is 2.16. The second kappa shape index (κ2) is 13.7. The van der Waals surface area contributed by atoms with Crippen molar-refractivity contribution in [2.45, 2.75) is 55.7 Å². The Kier molecular flexibility index (Phi) is 9.82. The molecule has 2 amide bonds. The maximum Gasteiger partial charge on any atom is 0.326 e. The number of amides is 2. The molecule has 6 heteroatoms. The summed E-state index contributed by atoms with van der Waals surface area (Å²) in [7, 11) is 0. The molecule has 38 heavy (non-hydrogen) atoms. The lowest BCUT2D eigenvalue weighted by Crippen LogP contribution is -2.35. The molecular formula is C32H34N2O3S. The summed E-state index contributed by atoms with van der Waals surface area (Å²) < 4.78 is 5.11. The lowest BCUT2D eigenvalue weighted by Gasteiger charge is -2.24. The van der Waals surface area contributed by atoms with E-state index in [0.717, 1.165) is 44.8 Å². The van der Waals surface area contributed by atoms with Crippen LogP contribution in [0.1, 0.15) is 46.0 Å². The van der Waals surface area contributed by atoms with Gasteiger partial charge in [0.2, 0.25) is 0 Å². The molecule has 1 N–H and O–H groups in total. The summed E-state index contributed by atoms with van der Waals surface area (Å²) in [5.41, 5.74) is 1.65. The van der Waals surface area contributed by atoms with Crippen molar-refractivity contribution in [1.82, 2.24) is 0 Å². The monoisotopic (exact) mass is 526 g/mol. The van der Waals surface area contributed by atoms with E-state index in [4.69, 9.17) is 4.74 Å². The molecule has 0 atom stereocenters. The molecule has 0 aromatic heterocycles. The average molecular weight is 527 g/mol. The first kappa shape index (κ1) is 27.3. The molecule has 0 spiro atoms. The largest absolute Gasteiger partial charge is 0.427 e. The summed E-state index contributed by atoms with van der Waals surface area (Å²) in [6.07, 6.45) is 5.65. The molecule has 0 saturated carbocycles. The van der Waals surface area contributed by atoms with E-state index in [1.54, 1.807) is 23.9 Å². The SMILES string of the molecule is CCCCCCCN(C(=O)Nc1ccc2ccccc2c1)c1ccc(Sc2ccc(OC(C)=O)cc2)cc1. The van der Waals surface area contributed by atoms with Crippen LogP contribution in [0.3, 0.4) is 0 Å². The zero-order valence-electron chi connectivity index (χ0n) is 22.0. The van der Waals surface area contributed by atoms with Crippen LogP contribution in [0.5, 0.6) is 5.75 Å². The minimum absolute atomic E-state index is 0.128. The Balaban J connectivity index is 1.45. The van der Waals surface area contributed by atoms with Crippen LogP contribution in [-0.2, 0) is 4.79 Å². The van der Waals surface area contributed by atoms with Crippen LogP contribution >= 0.6 is 11.8 Å². The number of carbonyl (C=O) groups is 2. The highest BCUT2D eigenvalue weighted by atomic mass is 32.2. The van der Waals surface area contributed by atoms with Crippen molar-refractivity contribution in [2.24, 2.45) is 0 Å². The molecular weight excluding hydrogens is 492 g/mol. The standard InChI is InChI=1S/C32H34N2O3S/c1-3-4-5-6-9-22-34(32(36)33-27-13-12-25-10-7-8-11-26(25)23-27)28-14-18-30(19-15-28)38-31-20-16-29(17-21-31)37-24(2)35/h7-8,10-21,23H,3-6,9,22H2,1-2H3,(H,33,36). The molecule has 0 radical (unpaired) electrons. The number of hydrogen-bond donors (Lipinski definition) is 1. The molecule has 0 heterocycles. The smallest absolute Gasteiger partial charge is 0.326 e. The number of anilines is 2. The molecule has 196 valence electrons. The Morgan fingerprint density at radius 2 is 1.45 bits per heavy atom. The van der Waals surface area contributed by atoms with E-state index in [1.807, 2.05) is 71.6 Å². The zero-order valence-corrected chi connectivity index (χ0v) is 22.8. The first-order chi connectivity index (χ1) is 18.5. The van der Waals surface area contributed by atoms with E-state index in [-0.39, 0.29) is 12.0 Å². The molecule has 0 aliphatic heterocycles. The number of urea groups is 1. The molecule has 0 saturated heterocycles. The number of hydrogen-bond acceptors (Lipinski definition) is 4. The number of ether oxygens (including phenoxy) is 1. The van der Waals surface area contributed by atoms with Crippen molar-refractivity contribution in [1.29, 1.82) is 0 Å². The van der Waals surface area contributed by atoms with Gasteiger partial charge in [0.25, 0.3) is 0 Å². The van der Waals surface area contributed by atoms with Gasteiger partial charge >= 0.3 is 12.0 Å². The molecule has 0 unspecified atom stereocenters. The van der Waals surface area contributed by atoms with Crippen LogP contribution in [-0.4, -0.2) is 18.5 Å². The van der Waals surface area contributed by atoms with Crippen LogP contribution in [0.2, 0.25) is 0 Å². The van der Waals surface area contributed by atoms with Crippen molar-refractivity contribution >= 4 is 45.9 Å². The predicted molar refractivity (Wildman–Crippen MR) is 157 cm³/mol. The Bertz CT molecular complexity index is 1350. The number of unbranched alkanes of at least 4 members (excludes halogenated alkanes) is 4. The Hall–Kier alpha value is -3.77. The third-order valence-electron chi connectivity index (χ3n) is 6.20. The van der Waals surface area contributed by atoms with Crippen molar-refractivity contribution in [3.63, 3.8) is 0 Å². The molecule has 0 aliphatic rings. The number of benzene rings is 4. The number of nitrogens with zero attached hydrogens (tertiary/aromatic N) is 1. The van der Waals surface area contributed by atoms with Gasteiger partial charge in [-0.2, -0.15) is 0 Å². The first-order valence-corrected chi connectivity index (χ1v) is 14.0. The van der Waals surface area contributed by atoms with Gasteiger partial charge in [-0.15, -0.1) is 0 Å². The first-order valence-electron chi connectivity index (χ1n) is 13.2. The normalized spacial score (nSPS) is 10.8. The number of nitrogens with one attached hydrogen (secondary N) is 1.